The molecular weight excluding hydrogens is 444 g/mol. The lowest BCUT2D eigenvalue weighted by Crippen LogP contribution is -2.29. The molecule has 2 heterocycles. The number of hydrogen-bond donors (Lipinski definition) is 1. The first-order valence-electron chi connectivity index (χ1n) is 10.1. The summed E-state index contributed by atoms with van der Waals surface area (Å²) in [4.78, 5) is 31.9. The Morgan fingerprint density at radius 1 is 1.06 bits per heavy atom. The molecule has 3 aromatic rings. The van der Waals surface area contributed by atoms with Crippen LogP contribution in [0.15, 0.2) is 72.4 Å². The second kappa shape index (κ2) is 9.34. The first-order valence-corrected chi connectivity index (χ1v) is 10.5. The van der Waals surface area contributed by atoms with Crippen LogP contribution >= 0.6 is 11.6 Å². The van der Waals surface area contributed by atoms with Crippen molar-refractivity contribution < 1.29 is 24.2 Å². The van der Waals surface area contributed by atoms with Gasteiger partial charge in [0.1, 0.15) is 17.3 Å². The number of carbonyl (C=O) groups excluding carboxylic acids is 2. The molecule has 0 bridgehead atoms. The van der Waals surface area contributed by atoms with Gasteiger partial charge in [-0.25, -0.2) is 0 Å². The van der Waals surface area contributed by atoms with Crippen LogP contribution in [0.2, 0.25) is 5.02 Å². The number of aliphatic hydroxyl groups excluding tert-OH is 1. The van der Waals surface area contributed by atoms with Crippen LogP contribution in [0.4, 0.5) is 0 Å². The van der Waals surface area contributed by atoms with Crippen molar-refractivity contribution in [1.82, 2.24) is 9.88 Å². The minimum absolute atomic E-state index is 0.0337. The average Bonchev–Trinajstić information content (AvgIpc) is 3.09. The molecule has 0 radical (unpaired) electrons. The second-order valence-electron chi connectivity index (χ2n) is 7.37. The van der Waals surface area contributed by atoms with Crippen LogP contribution in [-0.4, -0.2) is 40.9 Å². The van der Waals surface area contributed by atoms with Crippen LogP contribution in [0, 0.1) is 0 Å². The smallest absolute Gasteiger partial charge is 0.296 e. The van der Waals surface area contributed by atoms with Gasteiger partial charge in [-0.05, 0) is 48.0 Å². The number of pyridine rings is 1. The van der Waals surface area contributed by atoms with Gasteiger partial charge < -0.3 is 19.5 Å². The van der Waals surface area contributed by atoms with Crippen LogP contribution < -0.4 is 9.47 Å². The fourth-order valence-corrected chi connectivity index (χ4v) is 4.02. The van der Waals surface area contributed by atoms with Crippen molar-refractivity contribution >= 4 is 29.1 Å². The number of benzene rings is 2. The highest BCUT2D eigenvalue weighted by Crippen LogP contribution is 2.41. The van der Waals surface area contributed by atoms with Crippen LogP contribution in [-0.2, 0) is 16.1 Å². The van der Waals surface area contributed by atoms with Crippen LogP contribution in [0.5, 0.6) is 11.5 Å². The molecule has 1 amide bonds. The fraction of sp³-hybridized carbons (Fsp3) is 0.160. The summed E-state index contributed by atoms with van der Waals surface area (Å²) in [6, 6.07) is 16.2. The molecule has 1 aromatic heterocycles. The molecule has 1 saturated heterocycles. The minimum atomic E-state index is -0.844. The fourth-order valence-electron chi connectivity index (χ4n) is 3.83. The van der Waals surface area contributed by atoms with Crippen molar-refractivity contribution in [2.45, 2.75) is 12.6 Å². The molecule has 1 unspecified atom stereocenters. The number of aliphatic hydroxyl groups is 1. The zero-order valence-corrected chi connectivity index (χ0v) is 18.7. The third-order valence-corrected chi connectivity index (χ3v) is 5.74. The van der Waals surface area contributed by atoms with Gasteiger partial charge in [0.25, 0.3) is 11.7 Å². The highest BCUT2D eigenvalue weighted by Gasteiger charge is 2.46. The zero-order valence-electron chi connectivity index (χ0n) is 18.0. The second-order valence-corrected chi connectivity index (χ2v) is 7.78. The number of halogens is 1. The Bertz CT molecular complexity index is 1240. The number of likely N-dealkylation sites (tertiary alicyclic amines) is 1. The van der Waals surface area contributed by atoms with Gasteiger partial charge in [-0.1, -0.05) is 29.8 Å². The molecule has 0 saturated carbocycles. The Morgan fingerprint density at radius 3 is 2.58 bits per heavy atom. The van der Waals surface area contributed by atoms with Crippen LogP contribution in [0.3, 0.4) is 0 Å². The molecule has 4 rings (SSSR count). The summed E-state index contributed by atoms with van der Waals surface area (Å²) < 4.78 is 10.6. The van der Waals surface area contributed by atoms with E-state index in [2.05, 4.69) is 4.98 Å². The van der Waals surface area contributed by atoms with Gasteiger partial charge in [0.15, 0.2) is 0 Å². The van der Waals surface area contributed by atoms with Crippen molar-refractivity contribution in [3.8, 4) is 11.5 Å². The van der Waals surface area contributed by atoms with Crippen molar-refractivity contribution in [2.75, 3.05) is 14.2 Å². The number of Topliss-reactive ketones (excluding diaryl/α,β-unsaturated/α-hetero) is 1. The zero-order chi connectivity index (χ0) is 23.5. The highest BCUT2D eigenvalue weighted by atomic mass is 35.5. The van der Waals surface area contributed by atoms with E-state index in [4.69, 9.17) is 21.1 Å². The first-order chi connectivity index (χ1) is 15.9. The average molecular weight is 465 g/mol. The van der Waals surface area contributed by atoms with E-state index in [0.29, 0.717) is 33.3 Å². The monoisotopic (exact) mass is 464 g/mol. The van der Waals surface area contributed by atoms with Crippen molar-refractivity contribution in [2.24, 2.45) is 0 Å². The molecule has 1 fully saturated rings. The molecule has 1 aliphatic rings. The van der Waals surface area contributed by atoms with Gasteiger partial charge in [-0.3, -0.25) is 14.6 Å². The summed E-state index contributed by atoms with van der Waals surface area (Å²) in [5.41, 5.74) is 1.50. The van der Waals surface area contributed by atoms with E-state index in [9.17, 15) is 14.7 Å². The third-order valence-electron chi connectivity index (χ3n) is 5.43. The molecule has 2 aromatic carbocycles. The quantitative estimate of drug-likeness (QED) is 0.331. The van der Waals surface area contributed by atoms with Gasteiger partial charge in [-0.2, -0.15) is 0 Å². The predicted octanol–water partition coefficient (Wildman–Crippen LogP) is 4.37. The molecule has 8 heteroatoms. The Morgan fingerprint density at radius 2 is 1.88 bits per heavy atom. The number of aromatic nitrogens is 1. The normalized spacial score (nSPS) is 17.3. The molecule has 1 atom stereocenters. The summed E-state index contributed by atoms with van der Waals surface area (Å²) in [5, 5.41) is 11.6. The molecule has 1 N–H and O–H groups in total. The molecule has 7 nitrogen and oxygen atoms in total. The van der Waals surface area contributed by atoms with Gasteiger partial charge in [0.2, 0.25) is 0 Å². The number of rotatable bonds is 6. The SMILES string of the molecule is COc1cccc(C2/C(=C(/O)c3ccc(Cl)c(OC)c3)C(=O)C(=O)N2Cc2ccccn2)c1. The summed E-state index contributed by atoms with van der Waals surface area (Å²) in [6.07, 6.45) is 1.62. The molecule has 0 aliphatic carbocycles. The maximum atomic E-state index is 13.2. The lowest BCUT2D eigenvalue weighted by molar-refractivity contribution is -0.140. The minimum Gasteiger partial charge on any atom is -0.507 e. The lowest BCUT2D eigenvalue weighted by atomic mass is 9.95. The van der Waals surface area contributed by atoms with Crippen LogP contribution in [0.1, 0.15) is 22.9 Å². The van der Waals surface area contributed by atoms with E-state index in [1.165, 1.54) is 25.2 Å². The number of carbonyl (C=O) groups is 2. The summed E-state index contributed by atoms with van der Waals surface area (Å²) in [5.74, 6) is -0.939. The maximum Gasteiger partial charge on any atom is 0.296 e. The topological polar surface area (TPSA) is 89.0 Å². The standard InChI is InChI=1S/C25H21ClN2O5/c1-32-18-8-5-6-15(12-18)22-21(23(29)16-9-10-19(26)20(13-16)33-2)24(30)25(31)28(22)14-17-7-3-4-11-27-17/h3-13,22,29H,14H2,1-2H3/b23-21-. The van der Waals surface area contributed by atoms with E-state index in [1.54, 1.807) is 60.8 Å². The van der Waals surface area contributed by atoms with E-state index in [-0.39, 0.29) is 17.9 Å². The van der Waals surface area contributed by atoms with Crippen molar-refractivity contribution in [3.63, 3.8) is 0 Å². The van der Waals surface area contributed by atoms with E-state index in [1.807, 2.05) is 0 Å². The maximum absolute atomic E-state index is 13.2. The molecule has 1 aliphatic heterocycles. The lowest BCUT2D eigenvalue weighted by Gasteiger charge is -2.25. The third kappa shape index (κ3) is 4.27. The van der Waals surface area contributed by atoms with Gasteiger partial charge in [-0.15, -0.1) is 0 Å². The van der Waals surface area contributed by atoms with Crippen molar-refractivity contribution in [1.29, 1.82) is 0 Å². The molecule has 168 valence electrons. The number of nitrogens with zero attached hydrogens (tertiary/aromatic N) is 2. The first kappa shape index (κ1) is 22.4. The number of ether oxygens (including phenoxy) is 2. The van der Waals surface area contributed by atoms with Gasteiger partial charge in [0, 0.05) is 11.8 Å². The number of hydrogen-bond acceptors (Lipinski definition) is 6. The summed E-state index contributed by atoms with van der Waals surface area (Å²) in [6.45, 7) is 0.0913. The van der Waals surface area contributed by atoms with E-state index in [0.717, 1.165) is 0 Å². The Kier molecular flexibility index (Phi) is 6.33. The Labute approximate surface area is 195 Å². The van der Waals surface area contributed by atoms with Crippen LogP contribution in [0.25, 0.3) is 5.76 Å². The van der Waals surface area contributed by atoms with E-state index < -0.39 is 17.7 Å². The molecule has 33 heavy (non-hydrogen) atoms. The van der Waals surface area contributed by atoms with Crippen molar-refractivity contribution in [3.05, 3.63) is 94.3 Å². The van der Waals surface area contributed by atoms with E-state index >= 15 is 0 Å². The molecule has 0 spiro atoms. The Hall–Kier alpha value is -3.84. The van der Waals surface area contributed by atoms with Gasteiger partial charge >= 0.3 is 0 Å². The predicted molar refractivity (Wildman–Crippen MR) is 123 cm³/mol. The number of methoxy groups -OCH3 is 2. The molecular formula is C25H21ClN2O5. The number of amides is 1. The summed E-state index contributed by atoms with van der Waals surface area (Å²) in [7, 11) is 2.98. The Balaban J connectivity index is 1.89. The number of ketones is 1. The summed E-state index contributed by atoms with van der Waals surface area (Å²) >= 11 is 6.11. The largest absolute Gasteiger partial charge is 0.507 e. The van der Waals surface area contributed by atoms with Gasteiger partial charge in [0.05, 0.1) is 43.1 Å². The highest BCUT2D eigenvalue weighted by molar-refractivity contribution is 6.46.